The van der Waals surface area contributed by atoms with Crippen LogP contribution in [0, 0.1) is 5.92 Å². The van der Waals surface area contributed by atoms with Gasteiger partial charge in [0, 0.05) is 0 Å². The Morgan fingerprint density at radius 3 is 2.44 bits per heavy atom. The van der Waals surface area contributed by atoms with E-state index in [2.05, 4.69) is 19.9 Å². The number of fused-ring (bicyclic) bond motifs is 1. The maximum Gasteiger partial charge on any atom is 0.207 e. The summed E-state index contributed by atoms with van der Waals surface area (Å²) in [6.07, 6.45) is 3.42. The molecule has 1 aromatic rings. The van der Waals surface area contributed by atoms with Crippen LogP contribution in [0.4, 0.5) is 0 Å². The zero-order valence-corrected chi connectivity index (χ0v) is 11.1. The summed E-state index contributed by atoms with van der Waals surface area (Å²) in [7, 11) is 0. The first-order valence-corrected chi connectivity index (χ1v) is 6.63. The molecule has 0 N–H and O–H groups in total. The number of hydrogen-bond donors (Lipinski definition) is 0. The predicted molar refractivity (Wildman–Crippen MR) is 70.2 cm³/mol. The van der Waals surface area contributed by atoms with Crippen molar-refractivity contribution < 1.29 is 14.3 Å². The second kappa shape index (κ2) is 5.89. The third-order valence-electron chi connectivity index (χ3n) is 3.46. The first kappa shape index (κ1) is 12.9. The highest BCUT2D eigenvalue weighted by Gasteiger charge is 2.16. The number of rotatable bonds is 4. The quantitative estimate of drug-likeness (QED) is 0.821. The summed E-state index contributed by atoms with van der Waals surface area (Å²) >= 11 is 0. The summed E-state index contributed by atoms with van der Waals surface area (Å²) in [5.74, 6) is 2.06. The van der Waals surface area contributed by atoms with Crippen LogP contribution in [0.2, 0.25) is 0 Å². The second-order valence-electron chi connectivity index (χ2n) is 4.78. The van der Waals surface area contributed by atoms with Crippen molar-refractivity contribution in [2.75, 3.05) is 13.2 Å². The molecule has 18 heavy (non-hydrogen) atoms. The summed E-state index contributed by atoms with van der Waals surface area (Å²) < 4.78 is 10.9. The van der Waals surface area contributed by atoms with Crippen molar-refractivity contribution in [1.29, 1.82) is 0 Å². The fraction of sp³-hybridized carbons (Fsp3) is 0.533. The van der Waals surface area contributed by atoms with E-state index in [1.54, 1.807) is 0 Å². The zero-order chi connectivity index (χ0) is 13.0. The van der Waals surface area contributed by atoms with Gasteiger partial charge in [0.1, 0.15) is 0 Å². The molecule has 3 heteroatoms. The maximum absolute atomic E-state index is 11.3. The molecule has 2 rings (SSSR count). The first-order chi connectivity index (χ1) is 8.72. The van der Waals surface area contributed by atoms with E-state index < -0.39 is 0 Å². The lowest BCUT2D eigenvalue weighted by molar-refractivity contribution is -0.122. The molecule has 1 aliphatic rings. The molecule has 0 bridgehead atoms. The normalized spacial score (nSPS) is 14.7. The first-order valence-electron chi connectivity index (χ1n) is 6.63. The molecule has 0 amide bonds. The summed E-state index contributed by atoms with van der Waals surface area (Å²) in [4.78, 5) is 11.3. The average molecular weight is 248 g/mol. The summed E-state index contributed by atoms with van der Waals surface area (Å²) in [5, 5.41) is 0. The van der Waals surface area contributed by atoms with E-state index >= 15 is 0 Å². The molecular formula is C15H20O3. The molecule has 0 saturated heterocycles. The van der Waals surface area contributed by atoms with Gasteiger partial charge in [-0.2, -0.15) is 0 Å². The van der Waals surface area contributed by atoms with E-state index in [9.17, 15) is 4.79 Å². The number of Topliss-reactive ketones (excluding diaryl/α,β-unsaturated/α-hetero) is 1. The van der Waals surface area contributed by atoms with Gasteiger partial charge in [-0.15, -0.1) is 0 Å². The van der Waals surface area contributed by atoms with E-state index in [1.807, 2.05) is 12.1 Å². The van der Waals surface area contributed by atoms with Crippen molar-refractivity contribution in [2.45, 2.75) is 33.1 Å². The van der Waals surface area contributed by atoms with Crippen LogP contribution in [0.1, 0.15) is 32.3 Å². The lowest BCUT2D eigenvalue weighted by Crippen LogP contribution is -2.15. The van der Waals surface area contributed by atoms with Gasteiger partial charge < -0.3 is 9.47 Å². The van der Waals surface area contributed by atoms with E-state index in [1.165, 1.54) is 18.4 Å². The van der Waals surface area contributed by atoms with E-state index in [-0.39, 0.29) is 19.0 Å². The fourth-order valence-electron chi connectivity index (χ4n) is 2.18. The zero-order valence-electron chi connectivity index (χ0n) is 11.1. The van der Waals surface area contributed by atoms with Gasteiger partial charge in [-0.25, -0.2) is 0 Å². The van der Waals surface area contributed by atoms with Crippen LogP contribution in [0.5, 0.6) is 11.5 Å². The van der Waals surface area contributed by atoms with Gasteiger partial charge in [0.2, 0.25) is 5.78 Å². The molecule has 0 fully saturated rings. The largest absolute Gasteiger partial charge is 0.482 e. The van der Waals surface area contributed by atoms with Crippen molar-refractivity contribution >= 4 is 5.78 Å². The van der Waals surface area contributed by atoms with Crippen LogP contribution in [0.3, 0.4) is 0 Å². The fourth-order valence-corrected chi connectivity index (χ4v) is 2.18. The number of ketones is 1. The minimum atomic E-state index is -0.0206. The Hall–Kier alpha value is -1.51. The monoisotopic (exact) mass is 248 g/mol. The highest BCUT2D eigenvalue weighted by Crippen LogP contribution is 2.31. The summed E-state index contributed by atoms with van der Waals surface area (Å²) in [5.41, 5.74) is 1.25. The van der Waals surface area contributed by atoms with Crippen molar-refractivity contribution in [3.05, 3.63) is 23.8 Å². The van der Waals surface area contributed by atoms with E-state index in [4.69, 9.17) is 9.47 Å². The minimum absolute atomic E-state index is 0.0206. The Labute approximate surface area is 108 Å². The highest BCUT2D eigenvalue weighted by molar-refractivity contribution is 5.82. The molecule has 0 radical (unpaired) electrons. The van der Waals surface area contributed by atoms with Crippen molar-refractivity contribution in [2.24, 2.45) is 5.92 Å². The Bertz CT molecular complexity index is 422. The van der Waals surface area contributed by atoms with Gasteiger partial charge in [0.25, 0.3) is 0 Å². The van der Waals surface area contributed by atoms with Gasteiger partial charge in [0.05, 0.1) is 0 Å². The lowest BCUT2D eigenvalue weighted by Gasteiger charge is -2.14. The molecule has 1 aliphatic heterocycles. The SMILES string of the molecule is CCC(CC)Cc1ccc2c(c1)OCC(=O)CO2. The minimum Gasteiger partial charge on any atom is -0.482 e. The van der Waals surface area contributed by atoms with Gasteiger partial charge in [-0.05, 0) is 30.0 Å². The Kier molecular flexibility index (Phi) is 4.24. The molecule has 3 nitrogen and oxygen atoms in total. The third kappa shape index (κ3) is 3.03. The number of carbonyl (C=O) groups excluding carboxylic acids is 1. The smallest absolute Gasteiger partial charge is 0.207 e. The van der Waals surface area contributed by atoms with Gasteiger partial charge >= 0.3 is 0 Å². The molecule has 1 aromatic carbocycles. The van der Waals surface area contributed by atoms with Crippen LogP contribution < -0.4 is 9.47 Å². The molecule has 0 aliphatic carbocycles. The Balaban J connectivity index is 2.14. The van der Waals surface area contributed by atoms with Crippen LogP contribution in [0.25, 0.3) is 0 Å². The maximum atomic E-state index is 11.3. The third-order valence-corrected chi connectivity index (χ3v) is 3.46. The molecule has 0 spiro atoms. The number of benzene rings is 1. The number of ether oxygens (including phenoxy) is 2. The van der Waals surface area contributed by atoms with E-state index in [0.29, 0.717) is 17.4 Å². The predicted octanol–water partition coefficient (Wildman–Crippen LogP) is 3.01. The van der Waals surface area contributed by atoms with Crippen LogP contribution in [-0.4, -0.2) is 19.0 Å². The molecule has 0 atom stereocenters. The number of carbonyl (C=O) groups is 1. The van der Waals surface area contributed by atoms with E-state index in [0.717, 1.165) is 6.42 Å². The summed E-state index contributed by atoms with van der Waals surface area (Å²) in [6.45, 7) is 4.66. The second-order valence-corrected chi connectivity index (χ2v) is 4.78. The summed E-state index contributed by atoms with van der Waals surface area (Å²) in [6, 6.07) is 5.98. The average Bonchev–Trinajstić information content (AvgIpc) is 2.58. The van der Waals surface area contributed by atoms with Crippen LogP contribution in [-0.2, 0) is 11.2 Å². The van der Waals surface area contributed by atoms with Gasteiger partial charge in [0.15, 0.2) is 24.7 Å². The molecule has 0 unspecified atom stereocenters. The van der Waals surface area contributed by atoms with Crippen LogP contribution >= 0.6 is 0 Å². The lowest BCUT2D eigenvalue weighted by atomic mass is 9.94. The van der Waals surface area contributed by atoms with Crippen molar-refractivity contribution in [1.82, 2.24) is 0 Å². The van der Waals surface area contributed by atoms with Crippen molar-refractivity contribution in [3.8, 4) is 11.5 Å². The van der Waals surface area contributed by atoms with Gasteiger partial charge in [-0.1, -0.05) is 32.8 Å². The molecule has 0 saturated carbocycles. The Morgan fingerprint density at radius 2 is 1.78 bits per heavy atom. The molecule has 98 valence electrons. The number of hydrogen-bond acceptors (Lipinski definition) is 3. The molecule has 0 aromatic heterocycles. The Morgan fingerprint density at radius 1 is 1.11 bits per heavy atom. The van der Waals surface area contributed by atoms with Crippen LogP contribution in [0.15, 0.2) is 18.2 Å². The standard InChI is InChI=1S/C15H20O3/c1-3-11(4-2)7-12-5-6-14-15(8-12)18-10-13(16)9-17-14/h5-6,8,11H,3-4,7,9-10H2,1-2H3. The van der Waals surface area contributed by atoms with Gasteiger partial charge in [-0.3, -0.25) is 4.79 Å². The molecular weight excluding hydrogens is 228 g/mol. The topological polar surface area (TPSA) is 35.5 Å². The highest BCUT2D eigenvalue weighted by atomic mass is 16.5. The molecule has 1 heterocycles. The van der Waals surface area contributed by atoms with Crippen molar-refractivity contribution in [3.63, 3.8) is 0 Å².